The van der Waals surface area contributed by atoms with Crippen LogP contribution in [-0.4, -0.2) is 81.3 Å². The zero-order valence-electron chi connectivity index (χ0n) is 20.7. The molecule has 0 radical (unpaired) electrons. The Balaban J connectivity index is 1.67. The lowest BCUT2D eigenvalue weighted by Crippen LogP contribution is -2.64. The standard InChI is InChI=1S/C24H36N4O7/c1-24(2)34-20-14-28(23(29)32-15-18-10-6-4-7-11-18)19(21(22(20)35-24)33-17-30-3)16-31-13-9-5-8-12-26-27-25/h4,6-7,10-11,19-22H,5,8-9,12-17H2,1-3H3/t19-,20-,21-,22-/m1/s1. The van der Waals surface area contributed by atoms with Crippen LogP contribution in [0.15, 0.2) is 35.4 Å². The summed E-state index contributed by atoms with van der Waals surface area (Å²) in [7, 11) is 1.55. The van der Waals surface area contributed by atoms with Crippen LogP contribution in [0.3, 0.4) is 0 Å². The van der Waals surface area contributed by atoms with Gasteiger partial charge in [0.15, 0.2) is 5.79 Å². The summed E-state index contributed by atoms with van der Waals surface area (Å²) < 4.78 is 35.0. The highest BCUT2D eigenvalue weighted by atomic mass is 16.8. The molecule has 4 atom stereocenters. The number of ether oxygens (including phenoxy) is 6. The molecule has 2 fully saturated rings. The van der Waals surface area contributed by atoms with E-state index in [2.05, 4.69) is 10.0 Å². The molecule has 0 aromatic heterocycles. The van der Waals surface area contributed by atoms with Crippen LogP contribution in [0.2, 0.25) is 0 Å². The predicted octanol–water partition coefficient (Wildman–Crippen LogP) is 4.01. The van der Waals surface area contributed by atoms with Crippen molar-refractivity contribution in [1.82, 2.24) is 4.90 Å². The van der Waals surface area contributed by atoms with Gasteiger partial charge in [0.25, 0.3) is 0 Å². The summed E-state index contributed by atoms with van der Waals surface area (Å²) in [5.74, 6) is -0.800. The first-order chi connectivity index (χ1) is 16.9. The SMILES string of the molecule is COCO[C@H]1[C@@H]2OC(C)(C)O[C@@H]2CN(C(=O)OCc2ccccc2)[C@@H]1COCCCCCN=[N+]=[N-]. The summed E-state index contributed by atoms with van der Waals surface area (Å²) >= 11 is 0. The zero-order chi connectivity index (χ0) is 25.1. The molecule has 11 heteroatoms. The number of carbonyl (C=O) groups excluding carboxylic acids is 1. The third-order valence-electron chi connectivity index (χ3n) is 5.92. The zero-order valence-corrected chi connectivity index (χ0v) is 20.7. The van der Waals surface area contributed by atoms with Gasteiger partial charge in [-0.3, -0.25) is 4.90 Å². The Morgan fingerprint density at radius 1 is 1.23 bits per heavy atom. The van der Waals surface area contributed by atoms with Crippen LogP contribution in [-0.2, 0) is 35.0 Å². The van der Waals surface area contributed by atoms with Crippen molar-refractivity contribution in [2.24, 2.45) is 5.11 Å². The summed E-state index contributed by atoms with van der Waals surface area (Å²) in [4.78, 5) is 17.6. The molecule has 0 spiro atoms. The van der Waals surface area contributed by atoms with Crippen LogP contribution in [0.1, 0.15) is 38.7 Å². The molecule has 0 bridgehead atoms. The number of rotatable bonds is 13. The summed E-state index contributed by atoms with van der Waals surface area (Å²) in [5.41, 5.74) is 9.26. The molecule has 3 rings (SSSR count). The van der Waals surface area contributed by atoms with Crippen molar-refractivity contribution in [3.63, 3.8) is 0 Å². The number of azide groups is 1. The van der Waals surface area contributed by atoms with Crippen LogP contribution in [0.25, 0.3) is 10.4 Å². The normalized spacial score (nSPS) is 25.1. The molecule has 1 aromatic carbocycles. The molecule has 194 valence electrons. The average Bonchev–Trinajstić information content (AvgIpc) is 3.17. The van der Waals surface area contributed by atoms with Crippen LogP contribution in [0, 0.1) is 0 Å². The smallest absolute Gasteiger partial charge is 0.410 e. The van der Waals surface area contributed by atoms with Crippen molar-refractivity contribution >= 4 is 6.09 Å². The summed E-state index contributed by atoms with van der Waals surface area (Å²) in [6.45, 7) is 5.43. The van der Waals surface area contributed by atoms with Gasteiger partial charge < -0.3 is 28.4 Å². The molecule has 1 amide bonds. The molecule has 0 aliphatic carbocycles. The lowest BCUT2D eigenvalue weighted by atomic mass is 9.94. The molecule has 2 aliphatic heterocycles. The molecular formula is C24H36N4O7. The first-order valence-corrected chi connectivity index (χ1v) is 12.0. The maximum Gasteiger partial charge on any atom is 0.410 e. The number of hydrogen-bond donors (Lipinski definition) is 0. The number of hydrogen-bond acceptors (Lipinski definition) is 8. The predicted molar refractivity (Wildman–Crippen MR) is 126 cm³/mol. The minimum atomic E-state index is -0.800. The van der Waals surface area contributed by atoms with Gasteiger partial charge in [-0.25, -0.2) is 4.79 Å². The van der Waals surface area contributed by atoms with Crippen LogP contribution in [0.4, 0.5) is 4.79 Å². The van der Waals surface area contributed by atoms with E-state index in [1.54, 1.807) is 12.0 Å². The number of benzene rings is 1. The van der Waals surface area contributed by atoms with Crippen LogP contribution in [0.5, 0.6) is 0 Å². The maximum absolute atomic E-state index is 13.2. The third kappa shape index (κ3) is 8.06. The molecule has 0 unspecified atom stereocenters. The molecule has 2 saturated heterocycles. The van der Waals surface area contributed by atoms with Crippen molar-refractivity contribution in [2.75, 3.05) is 40.2 Å². The van der Waals surface area contributed by atoms with E-state index in [0.717, 1.165) is 24.8 Å². The molecule has 0 saturated carbocycles. The Bertz CT molecular complexity index is 834. The lowest BCUT2D eigenvalue weighted by molar-refractivity contribution is -0.184. The van der Waals surface area contributed by atoms with Gasteiger partial charge in [0, 0.05) is 25.2 Å². The molecule has 0 N–H and O–H groups in total. The minimum absolute atomic E-state index is 0.0422. The number of methoxy groups -OCH3 is 1. The van der Waals surface area contributed by atoms with E-state index < -0.39 is 24.0 Å². The van der Waals surface area contributed by atoms with Gasteiger partial charge in [-0.05, 0) is 37.8 Å². The number of amides is 1. The van der Waals surface area contributed by atoms with Crippen LogP contribution < -0.4 is 0 Å². The van der Waals surface area contributed by atoms with Crippen molar-refractivity contribution < 1.29 is 33.2 Å². The van der Waals surface area contributed by atoms with Gasteiger partial charge in [-0.1, -0.05) is 41.9 Å². The number of likely N-dealkylation sites (tertiary alicyclic amines) is 1. The summed E-state index contributed by atoms with van der Waals surface area (Å²) in [6, 6.07) is 9.08. The van der Waals surface area contributed by atoms with E-state index in [1.807, 2.05) is 44.2 Å². The largest absolute Gasteiger partial charge is 0.445 e. The Morgan fingerprint density at radius 2 is 2.03 bits per heavy atom. The Hall–Kier alpha value is -2.40. The second-order valence-corrected chi connectivity index (χ2v) is 9.03. The van der Waals surface area contributed by atoms with Crippen molar-refractivity contribution in [3.05, 3.63) is 46.3 Å². The van der Waals surface area contributed by atoms with Crippen LogP contribution >= 0.6 is 0 Å². The topological polar surface area (TPSA) is 124 Å². The fourth-order valence-electron chi connectivity index (χ4n) is 4.37. The third-order valence-corrected chi connectivity index (χ3v) is 5.92. The van der Waals surface area contributed by atoms with Crippen molar-refractivity contribution in [2.45, 2.75) is 69.9 Å². The molecule has 2 aliphatic rings. The molecular weight excluding hydrogens is 456 g/mol. The Labute approximate surface area is 206 Å². The van der Waals surface area contributed by atoms with Crippen molar-refractivity contribution in [3.8, 4) is 0 Å². The second kappa shape index (κ2) is 13.6. The molecule has 11 nitrogen and oxygen atoms in total. The number of unbranched alkanes of at least 4 members (excludes halogenated alkanes) is 2. The van der Waals surface area contributed by atoms with Crippen molar-refractivity contribution in [1.29, 1.82) is 0 Å². The monoisotopic (exact) mass is 492 g/mol. The van der Waals surface area contributed by atoms with Gasteiger partial charge in [0.2, 0.25) is 0 Å². The van der Waals surface area contributed by atoms with Gasteiger partial charge in [0.1, 0.15) is 31.7 Å². The van der Waals surface area contributed by atoms with E-state index in [0.29, 0.717) is 19.7 Å². The molecule has 35 heavy (non-hydrogen) atoms. The summed E-state index contributed by atoms with van der Waals surface area (Å²) in [6.07, 6.45) is 0.766. The maximum atomic E-state index is 13.2. The average molecular weight is 493 g/mol. The van der Waals surface area contributed by atoms with Gasteiger partial charge >= 0.3 is 6.09 Å². The first-order valence-electron chi connectivity index (χ1n) is 12.0. The van der Waals surface area contributed by atoms with Gasteiger partial charge in [0.05, 0.1) is 19.2 Å². The number of piperidine rings is 1. The van der Waals surface area contributed by atoms with E-state index in [9.17, 15) is 4.79 Å². The number of carbonyl (C=O) groups is 1. The van der Waals surface area contributed by atoms with Gasteiger partial charge in [-0.2, -0.15) is 0 Å². The Kier molecular flexibility index (Phi) is 10.6. The number of fused-ring (bicyclic) bond motifs is 1. The minimum Gasteiger partial charge on any atom is -0.445 e. The highest BCUT2D eigenvalue weighted by Gasteiger charge is 2.54. The first kappa shape index (κ1) is 27.2. The van der Waals surface area contributed by atoms with E-state index in [1.165, 1.54) is 0 Å². The quantitative estimate of drug-likeness (QED) is 0.134. The molecule has 2 heterocycles. The summed E-state index contributed by atoms with van der Waals surface area (Å²) in [5, 5.41) is 3.54. The van der Waals surface area contributed by atoms with E-state index in [4.69, 9.17) is 34.0 Å². The number of nitrogens with zero attached hydrogens (tertiary/aromatic N) is 4. The highest BCUT2D eigenvalue weighted by Crippen LogP contribution is 2.37. The van der Waals surface area contributed by atoms with E-state index in [-0.39, 0.29) is 32.2 Å². The Morgan fingerprint density at radius 3 is 2.77 bits per heavy atom. The fourth-order valence-corrected chi connectivity index (χ4v) is 4.37. The van der Waals surface area contributed by atoms with E-state index >= 15 is 0 Å². The molecule has 1 aromatic rings. The second-order valence-electron chi connectivity index (χ2n) is 9.03. The fraction of sp³-hybridized carbons (Fsp3) is 0.708. The highest BCUT2D eigenvalue weighted by molar-refractivity contribution is 5.68. The lowest BCUT2D eigenvalue weighted by Gasteiger charge is -2.44. The van der Waals surface area contributed by atoms with Gasteiger partial charge in [-0.15, -0.1) is 0 Å².